The van der Waals surface area contributed by atoms with Gasteiger partial charge in [0.2, 0.25) is 0 Å². The van der Waals surface area contributed by atoms with E-state index in [-0.39, 0.29) is 0 Å². The molecule has 0 aliphatic rings. The quantitative estimate of drug-likeness (QED) is 0.555. The maximum atomic E-state index is 12.6. The van der Waals surface area contributed by atoms with Crippen LogP contribution in [-0.2, 0) is 18.5 Å². The lowest BCUT2D eigenvalue weighted by Gasteiger charge is -2.06. The Morgan fingerprint density at radius 1 is 1.13 bits per heavy atom. The number of rotatable bonds is 4. The summed E-state index contributed by atoms with van der Waals surface area (Å²) in [6.07, 6.45) is -0.543. The van der Waals surface area contributed by atoms with Crippen molar-refractivity contribution in [3.63, 3.8) is 0 Å². The second-order valence-corrected chi connectivity index (χ2v) is 6.26. The zero-order chi connectivity index (χ0) is 16.4. The van der Waals surface area contributed by atoms with E-state index in [1.807, 2.05) is 6.07 Å². The molecule has 0 atom stereocenters. The summed E-state index contributed by atoms with van der Waals surface area (Å²) in [4.78, 5) is 5.43. The molecule has 3 aromatic rings. The first-order valence-corrected chi connectivity index (χ1v) is 8.05. The third kappa shape index (κ3) is 3.59. The highest BCUT2D eigenvalue weighted by atomic mass is 35.5. The average Bonchev–Trinajstić information content (AvgIpc) is 3.16. The van der Waals surface area contributed by atoms with Gasteiger partial charge in [0, 0.05) is 16.9 Å². The van der Waals surface area contributed by atoms with Crippen LogP contribution in [-0.4, -0.2) is 4.98 Å². The van der Waals surface area contributed by atoms with E-state index in [0.717, 1.165) is 28.3 Å². The Morgan fingerprint density at radius 3 is 2.43 bits per heavy atom. The Hall–Kier alpha value is -1.79. The summed E-state index contributed by atoms with van der Waals surface area (Å²) in [5, 5.41) is 0.660. The van der Waals surface area contributed by atoms with Gasteiger partial charge in [-0.05, 0) is 23.8 Å². The lowest BCUT2D eigenvalue weighted by molar-refractivity contribution is -0.137. The van der Waals surface area contributed by atoms with Crippen LogP contribution >= 0.6 is 22.9 Å². The normalized spacial score (nSPS) is 11.8. The molecule has 0 bridgehead atoms. The van der Waals surface area contributed by atoms with Gasteiger partial charge < -0.3 is 4.42 Å². The number of nitrogens with zero attached hydrogens (tertiary/aromatic N) is 1. The van der Waals surface area contributed by atoms with Crippen molar-refractivity contribution in [2.24, 2.45) is 0 Å². The number of thiazole rings is 1. The molecular formula is C16H11ClF3NOS. The zero-order valence-corrected chi connectivity index (χ0v) is 13.3. The molecule has 1 aromatic carbocycles. The van der Waals surface area contributed by atoms with Crippen LogP contribution in [0.4, 0.5) is 13.2 Å². The van der Waals surface area contributed by atoms with Crippen molar-refractivity contribution in [1.82, 2.24) is 4.98 Å². The van der Waals surface area contributed by atoms with Crippen molar-refractivity contribution in [1.29, 1.82) is 0 Å². The van der Waals surface area contributed by atoms with Gasteiger partial charge in [-0.1, -0.05) is 12.1 Å². The maximum absolute atomic E-state index is 12.6. The van der Waals surface area contributed by atoms with Gasteiger partial charge in [-0.15, -0.1) is 22.9 Å². The van der Waals surface area contributed by atoms with E-state index in [9.17, 15) is 13.2 Å². The number of alkyl halides is 4. The van der Waals surface area contributed by atoms with E-state index >= 15 is 0 Å². The number of hydrogen-bond donors (Lipinski definition) is 0. The van der Waals surface area contributed by atoms with Crippen LogP contribution < -0.4 is 0 Å². The van der Waals surface area contributed by atoms with Crippen LogP contribution in [0.5, 0.6) is 0 Å². The van der Waals surface area contributed by atoms with Gasteiger partial charge in [0.15, 0.2) is 0 Å². The molecule has 0 aliphatic carbocycles. The third-order valence-electron chi connectivity index (χ3n) is 3.31. The fourth-order valence-electron chi connectivity index (χ4n) is 2.14. The first-order valence-electron chi connectivity index (χ1n) is 6.70. The molecule has 2 heterocycles. The van der Waals surface area contributed by atoms with E-state index in [1.54, 1.807) is 12.5 Å². The molecule has 2 aromatic heterocycles. The molecule has 23 heavy (non-hydrogen) atoms. The molecule has 2 nitrogen and oxygen atoms in total. The largest absolute Gasteiger partial charge is 0.472 e. The molecule has 0 spiro atoms. The van der Waals surface area contributed by atoms with Crippen molar-refractivity contribution in [2.45, 2.75) is 18.5 Å². The molecular weight excluding hydrogens is 347 g/mol. The van der Waals surface area contributed by atoms with E-state index in [2.05, 4.69) is 4.98 Å². The summed E-state index contributed by atoms with van der Waals surface area (Å²) in [5.74, 6) is 0.311. The van der Waals surface area contributed by atoms with Crippen LogP contribution in [0.15, 0.2) is 47.3 Å². The first kappa shape index (κ1) is 16.1. The van der Waals surface area contributed by atoms with Crippen LogP contribution in [0.2, 0.25) is 0 Å². The predicted molar refractivity (Wildman–Crippen MR) is 83.6 cm³/mol. The fourth-order valence-corrected chi connectivity index (χ4v) is 3.39. The molecule has 0 amide bonds. The van der Waals surface area contributed by atoms with Gasteiger partial charge in [0.05, 0.1) is 29.7 Å². The zero-order valence-electron chi connectivity index (χ0n) is 11.7. The van der Waals surface area contributed by atoms with E-state index in [4.69, 9.17) is 16.0 Å². The van der Waals surface area contributed by atoms with Gasteiger partial charge in [0.1, 0.15) is 5.01 Å². The molecule has 0 radical (unpaired) electrons. The molecule has 7 heteroatoms. The van der Waals surface area contributed by atoms with Gasteiger partial charge >= 0.3 is 6.18 Å². The molecule has 120 valence electrons. The monoisotopic (exact) mass is 357 g/mol. The Kier molecular flexibility index (Phi) is 4.46. The van der Waals surface area contributed by atoms with Crippen LogP contribution in [0.25, 0.3) is 10.6 Å². The smallest absolute Gasteiger partial charge is 0.416 e. The molecule has 0 aliphatic heterocycles. The molecule has 0 fully saturated rings. The molecule has 0 N–H and O–H groups in total. The molecule has 0 saturated heterocycles. The summed E-state index contributed by atoms with van der Waals surface area (Å²) < 4.78 is 42.9. The van der Waals surface area contributed by atoms with Crippen molar-refractivity contribution < 1.29 is 17.6 Å². The van der Waals surface area contributed by atoms with E-state index in [0.29, 0.717) is 22.9 Å². The summed E-state index contributed by atoms with van der Waals surface area (Å²) in [6, 6.07) is 6.83. The fraction of sp³-hybridized carbons (Fsp3) is 0.188. The Balaban J connectivity index is 1.89. The standard InChI is InChI=1S/C16H11ClF3NOS/c17-8-14-13(7-10-5-6-22-9-10)21-15(23-14)11-1-3-12(4-2-11)16(18,19)20/h1-6,9H,7-8H2. The van der Waals surface area contributed by atoms with Crippen molar-refractivity contribution in [2.75, 3.05) is 0 Å². The lowest BCUT2D eigenvalue weighted by atomic mass is 10.1. The van der Waals surface area contributed by atoms with Gasteiger partial charge in [-0.3, -0.25) is 0 Å². The number of benzene rings is 1. The highest BCUT2D eigenvalue weighted by Gasteiger charge is 2.30. The third-order valence-corrected chi connectivity index (χ3v) is 4.88. The highest BCUT2D eigenvalue weighted by molar-refractivity contribution is 7.15. The van der Waals surface area contributed by atoms with E-state index < -0.39 is 11.7 Å². The Morgan fingerprint density at radius 2 is 1.87 bits per heavy atom. The minimum atomic E-state index is -4.34. The van der Waals surface area contributed by atoms with Crippen molar-refractivity contribution in [3.8, 4) is 10.6 Å². The van der Waals surface area contributed by atoms with Crippen molar-refractivity contribution >= 4 is 22.9 Å². The second kappa shape index (κ2) is 6.37. The van der Waals surface area contributed by atoms with Crippen molar-refractivity contribution in [3.05, 3.63) is 64.6 Å². The maximum Gasteiger partial charge on any atom is 0.416 e. The number of aromatic nitrogens is 1. The lowest BCUT2D eigenvalue weighted by Crippen LogP contribution is -2.03. The summed E-state index contributed by atoms with van der Waals surface area (Å²) in [5.41, 5.74) is 1.77. The Labute approximate surface area is 139 Å². The summed E-state index contributed by atoms with van der Waals surface area (Å²) >= 11 is 7.35. The number of furan rings is 1. The average molecular weight is 358 g/mol. The first-order chi connectivity index (χ1) is 11.0. The minimum Gasteiger partial charge on any atom is -0.472 e. The van der Waals surface area contributed by atoms with E-state index in [1.165, 1.54) is 23.5 Å². The van der Waals surface area contributed by atoms with Crippen LogP contribution in [0.1, 0.15) is 21.7 Å². The second-order valence-electron chi connectivity index (χ2n) is 4.91. The number of halogens is 4. The predicted octanol–water partition coefficient (Wildman–Crippen LogP) is 5.75. The SMILES string of the molecule is FC(F)(F)c1ccc(-c2nc(Cc3ccoc3)c(CCl)s2)cc1. The van der Waals surface area contributed by atoms with Crippen LogP contribution in [0.3, 0.4) is 0 Å². The molecule has 0 saturated carbocycles. The molecule has 3 rings (SSSR count). The summed E-state index contributed by atoms with van der Waals surface area (Å²) in [7, 11) is 0. The molecule has 0 unspecified atom stereocenters. The minimum absolute atomic E-state index is 0.311. The Bertz CT molecular complexity index is 779. The van der Waals surface area contributed by atoms with Crippen LogP contribution in [0, 0.1) is 0 Å². The van der Waals surface area contributed by atoms with Gasteiger partial charge in [-0.25, -0.2) is 4.98 Å². The number of hydrogen-bond acceptors (Lipinski definition) is 3. The van der Waals surface area contributed by atoms with Gasteiger partial charge in [-0.2, -0.15) is 13.2 Å². The summed E-state index contributed by atoms with van der Waals surface area (Å²) in [6.45, 7) is 0. The highest BCUT2D eigenvalue weighted by Crippen LogP contribution is 2.34. The topological polar surface area (TPSA) is 26.0 Å². The van der Waals surface area contributed by atoms with Gasteiger partial charge in [0.25, 0.3) is 0 Å².